The average molecular weight is 213 g/mol. The molecule has 1 aliphatic rings. The van der Waals surface area contributed by atoms with Crippen LogP contribution in [0.25, 0.3) is 0 Å². The summed E-state index contributed by atoms with van der Waals surface area (Å²) < 4.78 is 0. The van der Waals surface area contributed by atoms with Gasteiger partial charge in [0.25, 0.3) is 0 Å². The first-order valence-electron chi connectivity index (χ1n) is 5.30. The number of rotatable bonds is 3. The maximum Gasteiger partial charge on any atom is 0.330 e. The van der Waals surface area contributed by atoms with Crippen LogP contribution in [0.15, 0.2) is 0 Å². The predicted molar refractivity (Wildman–Crippen MR) is 56.4 cm³/mol. The van der Waals surface area contributed by atoms with Crippen molar-refractivity contribution in [2.45, 2.75) is 45.1 Å². The van der Waals surface area contributed by atoms with Crippen LogP contribution in [0.4, 0.5) is 0 Å². The van der Waals surface area contributed by atoms with Gasteiger partial charge < -0.3 is 10.0 Å². The Labute approximate surface area is 90.3 Å². The molecule has 86 valence electrons. The lowest BCUT2D eigenvalue weighted by atomic mass is 9.62. The Morgan fingerprint density at radius 2 is 1.87 bits per heavy atom. The number of amides is 1. The molecule has 15 heavy (non-hydrogen) atoms. The van der Waals surface area contributed by atoms with Crippen LogP contribution >= 0.6 is 0 Å². The van der Waals surface area contributed by atoms with Gasteiger partial charge in [0.15, 0.2) is 0 Å². The molecule has 0 spiro atoms. The van der Waals surface area contributed by atoms with Gasteiger partial charge in [0.2, 0.25) is 6.41 Å². The second kappa shape index (κ2) is 3.83. The number of likely N-dealkylation sites (N-methyl/N-ethyl adjacent to an activating group) is 1. The molecule has 0 aromatic heterocycles. The van der Waals surface area contributed by atoms with Crippen LogP contribution in [0.3, 0.4) is 0 Å². The van der Waals surface area contributed by atoms with Crippen LogP contribution in [-0.2, 0) is 9.59 Å². The molecule has 0 aromatic rings. The number of hydrogen-bond acceptors (Lipinski definition) is 2. The number of carbonyl (C=O) groups excluding carboxylic acids is 1. The molecule has 0 aromatic carbocycles. The maximum absolute atomic E-state index is 11.5. The number of carbonyl (C=O) groups is 2. The van der Waals surface area contributed by atoms with Gasteiger partial charge in [0, 0.05) is 7.05 Å². The van der Waals surface area contributed by atoms with Crippen LogP contribution in [0.1, 0.15) is 39.5 Å². The quantitative estimate of drug-likeness (QED) is 0.723. The van der Waals surface area contributed by atoms with Gasteiger partial charge in [-0.25, -0.2) is 4.79 Å². The Kier molecular flexibility index (Phi) is 3.07. The van der Waals surface area contributed by atoms with Crippen molar-refractivity contribution in [3.05, 3.63) is 0 Å². The molecule has 1 fully saturated rings. The smallest absolute Gasteiger partial charge is 0.330 e. The van der Waals surface area contributed by atoms with Gasteiger partial charge in [0.05, 0.1) is 0 Å². The van der Waals surface area contributed by atoms with Crippen molar-refractivity contribution in [1.82, 2.24) is 4.90 Å². The fourth-order valence-corrected chi connectivity index (χ4v) is 2.78. The van der Waals surface area contributed by atoms with Crippen LogP contribution in [0.5, 0.6) is 0 Å². The normalized spacial score (nSPS) is 29.5. The van der Waals surface area contributed by atoms with Gasteiger partial charge in [-0.1, -0.05) is 26.7 Å². The molecule has 4 nitrogen and oxygen atoms in total. The average Bonchev–Trinajstić information content (AvgIpc) is 2.15. The van der Waals surface area contributed by atoms with Gasteiger partial charge in [-0.2, -0.15) is 0 Å². The molecule has 0 bridgehead atoms. The van der Waals surface area contributed by atoms with E-state index in [1.807, 2.05) is 13.8 Å². The second-order valence-electron chi connectivity index (χ2n) is 4.97. The third kappa shape index (κ3) is 1.62. The van der Waals surface area contributed by atoms with E-state index in [0.29, 0.717) is 12.8 Å². The fourth-order valence-electron chi connectivity index (χ4n) is 2.78. The highest BCUT2D eigenvalue weighted by molar-refractivity contribution is 5.82. The number of hydrogen-bond donors (Lipinski definition) is 1. The first-order chi connectivity index (χ1) is 6.88. The minimum atomic E-state index is -1.03. The van der Waals surface area contributed by atoms with Crippen molar-refractivity contribution < 1.29 is 14.7 Å². The summed E-state index contributed by atoms with van der Waals surface area (Å²) in [7, 11) is 1.56. The van der Waals surface area contributed by atoms with E-state index in [2.05, 4.69) is 0 Å². The van der Waals surface area contributed by atoms with E-state index < -0.39 is 11.5 Å². The van der Waals surface area contributed by atoms with Crippen molar-refractivity contribution in [3.63, 3.8) is 0 Å². The lowest BCUT2D eigenvalue weighted by Crippen LogP contribution is -2.62. The highest BCUT2D eigenvalue weighted by Gasteiger charge is 2.55. The molecule has 1 amide bonds. The minimum Gasteiger partial charge on any atom is -0.479 e. The summed E-state index contributed by atoms with van der Waals surface area (Å²) in [6.07, 6.45) is 3.92. The molecule has 1 aliphatic carbocycles. The van der Waals surface area contributed by atoms with E-state index in [0.717, 1.165) is 19.3 Å². The zero-order valence-corrected chi connectivity index (χ0v) is 9.62. The highest BCUT2D eigenvalue weighted by atomic mass is 16.4. The Morgan fingerprint density at radius 1 is 1.33 bits per heavy atom. The second-order valence-corrected chi connectivity index (χ2v) is 4.97. The summed E-state index contributed by atoms with van der Waals surface area (Å²) in [5.74, 6) is -0.887. The molecule has 1 saturated carbocycles. The SMILES string of the molecule is CN(C=O)C1(C(=O)O)CCCCC1(C)C. The third-order valence-corrected chi connectivity index (χ3v) is 3.82. The Morgan fingerprint density at radius 3 is 2.27 bits per heavy atom. The predicted octanol–water partition coefficient (Wildman–Crippen LogP) is 1.50. The summed E-state index contributed by atoms with van der Waals surface area (Å²) >= 11 is 0. The summed E-state index contributed by atoms with van der Waals surface area (Å²) in [6, 6.07) is 0. The standard InChI is InChI=1S/C11H19NO3/c1-10(2)6-4-5-7-11(10,9(14)15)12(3)8-13/h8H,4-7H2,1-3H3,(H,14,15). The monoisotopic (exact) mass is 213 g/mol. The summed E-state index contributed by atoms with van der Waals surface area (Å²) in [5.41, 5.74) is -1.40. The largest absolute Gasteiger partial charge is 0.479 e. The Hall–Kier alpha value is -1.06. The van der Waals surface area contributed by atoms with Crippen molar-refractivity contribution in [1.29, 1.82) is 0 Å². The van der Waals surface area contributed by atoms with Gasteiger partial charge in [-0.05, 0) is 18.3 Å². The first kappa shape index (κ1) is 12.0. The van der Waals surface area contributed by atoms with E-state index in [1.165, 1.54) is 4.90 Å². The molecule has 0 saturated heterocycles. The summed E-state index contributed by atoms with van der Waals surface area (Å²) in [6.45, 7) is 3.86. The molecular formula is C11H19NO3. The zero-order chi connectivity index (χ0) is 11.7. The van der Waals surface area contributed by atoms with E-state index in [-0.39, 0.29) is 5.41 Å². The summed E-state index contributed by atoms with van der Waals surface area (Å²) in [5, 5.41) is 9.43. The Balaban J connectivity index is 3.18. The lowest BCUT2D eigenvalue weighted by molar-refractivity contribution is -0.167. The van der Waals surface area contributed by atoms with Crippen LogP contribution in [-0.4, -0.2) is 35.0 Å². The number of aliphatic carboxylic acids is 1. The third-order valence-electron chi connectivity index (χ3n) is 3.82. The van der Waals surface area contributed by atoms with Crippen molar-refractivity contribution >= 4 is 12.4 Å². The number of carboxylic acids is 1. The van der Waals surface area contributed by atoms with Crippen LogP contribution in [0, 0.1) is 5.41 Å². The molecular weight excluding hydrogens is 194 g/mol. The first-order valence-corrected chi connectivity index (χ1v) is 5.30. The summed E-state index contributed by atoms with van der Waals surface area (Å²) in [4.78, 5) is 23.7. The highest BCUT2D eigenvalue weighted by Crippen LogP contribution is 2.46. The maximum atomic E-state index is 11.5. The zero-order valence-electron chi connectivity index (χ0n) is 9.62. The minimum absolute atomic E-state index is 0.368. The fraction of sp³-hybridized carbons (Fsp3) is 0.818. The molecule has 4 heteroatoms. The van der Waals surface area contributed by atoms with Crippen molar-refractivity contribution in [2.24, 2.45) is 5.41 Å². The number of carboxylic acid groups (broad SMARTS) is 1. The van der Waals surface area contributed by atoms with E-state index >= 15 is 0 Å². The van der Waals surface area contributed by atoms with Gasteiger partial charge >= 0.3 is 5.97 Å². The molecule has 0 heterocycles. The van der Waals surface area contributed by atoms with Gasteiger partial charge in [-0.15, -0.1) is 0 Å². The lowest BCUT2D eigenvalue weighted by Gasteiger charge is -2.50. The molecule has 1 rings (SSSR count). The van der Waals surface area contributed by atoms with Gasteiger partial charge in [0.1, 0.15) is 5.54 Å². The van der Waals surface area contributed by atoms with Crippen LogP contribution in [0.2, 0.25) is 0 Å². The Bertz CT molecular complexity index is 275. The van der Waals surface area contributed by atoms with Crippen molar-refractivity contribution in [2.75, 3.05) is 7.05 Å². The molecule has 1 N–H and O–H groups in total. The van der Waals surface area contributed by atoms with Crippen molar-refractivity contribution in [3.8, 4) is 0 Å². The van der Waals surface area contributed by atoms with E-state index in [4.69, 9.17) is 0 Å². The van der Waals surface area contributed by atoms with Gasteiger partial charge in [-0.3, -0.25) is 4.79 Å². The molecule has 0 radical (unpaired) electrons. The molecule has 1 atom stereocenters. The van der Waals surface area contributed by atoms with Crippen LogP contribution < -0.4 is 0 Å². The van der Waals surface area contributed by atoms with E-state index in [9.17, 15) is 14.7 Å². The van der Waals surface area contributed by atoms with E-state index in [1.54, 1.807) is 7.05 Å². The molecule has 0 aliphatic heterocycles. The number of nitrogens with zero attached hydrogens (tertiary/aromatic N) is 1. The topological polar surface area (TPSA) is 57.6 Å². The molecule has 1 unspecified atom stereocenters.